The van der Waals surface area contributed by atoms with Gasteiger partial charge in [0.25, 0.3) is 0 Å². The second kappa shape index (κ2) is 5.56. The van der Waals surface area contributed by atoms with Crippen LogP contribution in [0.1, 0.15) is 5.56 Å². The van der Waals surface area contributed by atoms with Crippen LogP contribution in [-0.2, 0) is 0 Å². The van der Waals surface area contributed by atoms with Crippen LogP contribution in [0.4, 0.5) is 23.0 Å². The van der Waals surface area contributed by atoms with Gasteiger partial charge in [0.1, 0.15) is 18.0 Å². The highest BCUT2D eigenvalue weighted by atomic mass is 15.1. The molecule has 5 nitrogen and oxygen atoms in total. The fraction of sp³-hybridized carbons (Fsp3) is 0.286. The van der Waals surface area contributed by atoms with E-state index in [0.717, 1.165) is 17.3 Å². The SMILES string of the molecule is CNc1cc(Nc2ccc(C)c(N(C)C)c2)ncn1. The standard InChI is InChI=1S/C14H19N5/c1-10-5-6-11(7-12(10)19(3)4)18-14-8-13(15-2)16-9-17-14/h5-9H,1-4H3,(H2,15,16,17,18). The van der Waals surface area contributed by atoms with Crippen molar-refractivity contribution in [3.63, 3.8) is 0 Å². The van der Waals surface area contributed by atoms with Gasteiger partial charge in [-0.25, -0.2) is 9.97 Å². The van der Waals surface area contributed by atoms with Gasteiger partial charge >= 0.3 is 0 Å². The first kappa shape index (κ1) is 13.1. The minimum Gasteiger partial charge on any atom is -0.377 e. The molecule has 0 spiro atoms. The van der Waals surface area contributed by atoms with E-state index in [1.807, 2.05) is 33.3 Å². The van der Waals surface area contributed by atoms with Gasteiger partial charge in [0.2, 0.25) is 0 Å². The number of aryl methyl sites for hydroxylation is 1. The summed E-state index contributed by atoms with van der Waals surface area (Å²) in [6.45, 7) is 2.10. The summed E-state index contributed by atoms with van der Waals surface area (Å²) in [6, 6.07) is 8.12. The van der Waals surface area contributed by atoms with Crippen LogP contribution in [0.15, 0.2) is 30.6 Å². The zero-order chi connectivity index (χ0) is 13.8. The van der Waals surface area contributed by atoms with E-state index in [2.05, 4.69) is 44.6 Å². The monoisotopic (exact) mass is 257 g/mol. The van der Waals surface area contributed by atoms with Gasteiger partial charge in [-0.1, -0.05) is 6.07 Å². The molecule has 0 bridgehead atoms. The average molecular weight is 257 g/mol. The van der Waals surface area contributed by atoms with Crippen LogP contribution < -0.4 is 15.5 Å². The van der Waals surface area contributed by atoms with Gasteiger partial charge in [0.05, 0.1) is 0 Å². The van der Waals surface area contributed by atoms with Crippen LogP contribution in [0, 0.1) is 6.92 Å². The number of nitrogens with zero attached hydrogens (tertiary/aromatic N) is 3. The number of hydrogen-bond acceptors (Lipinski definition) is 5. The molecule has 0 saturated heterocycles. The first-order valence-corrected chi connectivity index (χ1v) is 6.15. The van der Waals surface area contributed by atoms with E-state index in [1.54, 1.807) is 0 Å². The first-order chi connectivity index (χ1) is 9.10. The van der Waals surface area contributed by atoms with Crippen molar-refractivity contribution in [2.45, 2.75) is 6.92 Å². The van der Waals surface area contributed by atoms with Gasteiger partial charge < -0.3 is 15.5 Å². The molecule has 2 N–H and O–H groups in total. The van der Waals surface area contributed by atoms with Crippen molar-refractivity contribution in [1.82, 2.24) is 9.97 Å². The van der Waals surface area contributed by atoms with Crippen LogP contribution in [0.25, 0.3) is 0 Å². The second-order valence-corrected chi connectivity index (χ2v) is 4.56. The maximum Gasteiger partial charge on any atom is 0.135 e. The van der Waals surface area contributed by atoms with Crippen LogP contribution in [0.2, 0.25) is 0 Å². The molecule has 2 aromatic rings. The lowest BCUT2D eigenvalue weighted by Gasteiger charge is -2.17. The van der Waals surface area contributed by atoms with E-state index in [4.69, 9.17) is 0 Å². The minimum absolute atomic E-state index is 0.771. The highest BCUT2D eigenvalue weighted by Crippen LogP contribution is 2.24. The molecule has 0 unspecified atom stereocenters. The first-order valence-electron chi connectivity index (χ1n) is 6.15. The lowest BCUT2D eigenvalue weighted by molar-refractivity contribution is 1.11. The molecule has 1 heterocycles. The van der Waals surface area contributed by atoms with Crippen molar-refractivity contribution < 1.29 is 0 Å². The Hall–Kier alpha value is -2.30. The molecule has 0 aliphatic heterocycles. The summed E-state index contributed by atoms with van der Waals surface area (Å²) in [5.74, 6) is 1.56. The Balaban J connectivity index is 2.25. The van der Waals surface area contributed by atoms with E-state index in [-0.39, 0.29) is 0 Å². The number of hydrogen-bond donors (Lipinski definition) is 2. The molecule has 0 amide bonds. The predicted molar refractivity (Wildman–Crippen MR) is 80.4 cm³/mol. The zero-order valence-electron chi connectivity index (χ0n) is 11.7. The van der Waals surface area contributed by atoms with Crippen LogP contribution in [0.5, 0.6) is 0 Å². The molecular formula is C14H19N5. The number of aromatic nitrogens is 2. The van der Waals surface area contributed by atoms with Gasteiger partial charge in [0, 0.05) is 38.6 Å². The molecule has 0 saturated carbocycles. The van der Waals surface area contributed by atoms with Crippen molar-refractivity contribution in [2.75, 3.05) is 36.7 Å². The summed E-state index contributed by atoms with van der Waals surface area (Å²) >= 11 is 0. The lowest BCUT2D eigenvalue weighted by atomic mass is 10.1. The average Bonchev–Trinajstić information content (AvgIpc) is 2.41. The number of rotatable bonds is 4. The van der Waals surface area contributed by atoms with E-state index in [9.17, 15) is 0 Å². The molecule has 0 fully saturated rings. The van der Waals surface area contributed by atoms with Crippen LogP contribution in [0.3, 0.4) is 0 Å². The molecule has 1 aromatic heterocycles. The van der Waals surface area contributed by atoms with Gasteiger partial charge in [-0.15, -0.1) is 0 Å². The van der Waals surface area contributed by atoms with E-state index in [0.29, 0.717) is 0 Å². The van der Waals surface area contributed by atoms with Crippen molar-refractivity contribution in [3.05, 3.63) is 36.2 Å². The quantitative estimate of drug-likeness (QED) is 0.882. The fourth-order valence-electron chi connectivity index (χ4n) is 1.88. The Morgan fingerprint density at radius 1 is 1.05 bits per heavy atom. The Bertz CT molecular complexity index is 566. The summed E-state index contributed by atoms with van der Waals surface area (Å²) < 4.78 is 0. The zero-order valence-corrected chi connectivity index (χ0v) is 11.7. The lowest BCUT2D eigenvalue weighted by Crippen LogP contribution is -2.10. The minimum atomic E-state index is 0.771. The van der Waals surface area contributed by atoms with Gasteiger partial charge in [0.15, 0.2) is 0 Å². The normalized spacial score (nSPS) is 10.1. The van der Waals surface area contributed by atoms with Crippen molar-refractivity contribution in [1.29, 1.82) is 0 Å². The van der Waals surface area contributed by atoms with Crippen LogP contribution in [-0.4, -0.2) is 31.1 Å². The number of anilines is 4. The summed E-state index contributed by atoms with van der Waals surface area (Å²) in [7, 11) is 5.91. The molecule has 1 aromatic carbocycles. The Labute approximate surface area is 113 Å². The van der Waals surface area contributed by atoms with Crippen molar-refractivity contribution in [2.24, 2.45) is 0 Å². The molecular weight excluding hydrogens is 238 g/mol. The largest absolute Gasteiger partial charge is 0.377 e. The topological polar surface area (TPSA) is 53.1 Å². The Kier molecular flexibility index (Phi) is 3.85. The Morgan fingerprint density at radius 2 is 1.79 bits per heavy atom. The van der Waals surface area contributed by atoms with E-state index < -0.39 is 0 Å². The molecule has 0 aliphatic carbocycles. The Morgan fingerprint density at radius 3 is 2.47 bits per heavy atom. The smallest absolute Gasteiger partial charge is 0.135 e. The second-order valence-electron chi connectivity index (χ2n) is 4.56. The third-order valence-electron chi connectivity index (χ3n) is 2.89. The summed E-state index contributed by atoms with van der Waals surface area (Å²) in [4.78, 5) is 10.4. The van der Waals surface area contributed by atoms with Crippen molar-refractivity contribution >= 4 is 23.0 Å². The molecule has 2 rings (SSSR count). The van der Waals surface area contributed by atoms with Gasteiger partial charge in [-0.05, 0) is 24.6 Å². The summed E-state index contributed by atoms with van der Waals surface area (Å²) in [5, 5.41) is 6.28. The molecule has 19 heavy (non-hydrogen) atoms. The van der Waals surface area contributed by atoms with Gasteiger partial charge in [-0.2, -0.15) is 0 Å². The van der Waals surface area contributed by atoms with E-state index >= 15 is 0 Å². The fourth-order valence-corrected chi connectivity index (χ4v) is 1.88. The highest BCUT2D eigenvalue weighted by Gasteiger charge is 2.04. The number of nitrogens with one attached hydrogen (secondary N) is 2. The summed E-state index contributed by atoms with van der Waals surface area (Å²) in [5.41, 5.74) is 3.44. The molecule has 100 valence electrons. The maximum absolute atomic E-state index is 4.20. The van der Waals surface area contributed by atoms with Gasteiger partial charge in [-0.3, -0.25) is 0 Å². The predicted octanol–water partition coefficient (Wildman–Crippen LogP) is 2.64. The molecule has 0 radical (unpaired) electrons. The highest BCUT2D eigenvalue weighted by molar-refractivity contribution is 5.66. The summed E-state index contributed by atoms with van der Waals surface area (Å²) in [6.07, 6.45) is 1.54. The maximum atomic E-state index is 4.20. The molecule has 5 heteroatoms. The number of benzene rings is 1. The van der Waals surface area contributed by atoms with E-state index in [1.165, 1.54) is 17.6 Å². The third kappa shape index (κ3) is 3.13. The molecule has 0 atom stereocenters. The molecule has 0 aliphatic rings. The van der Waals surface area contributed by atoms with Crippen molar-refractivity contribution in [3.8, 4) is 0 Å². The third-order valence-corrected chi connectivity index (χ3v) is 2.89. The van der Waals surface area contributed by atoms with Crippen LogP contribution >= 0.6 is 0 Å².